The van der Waals surface area contributed by atoms with Gasteiger partial charge in [0, 0.05) is 6.42 Å². The van der Waals surface area contributed by atoms with Crippen LogP contribution in [0.25, 0.3) is 0 Å². The summed E-state index contributed by atoms with van der Waals surface area (Å²) >= 11 is 0. The van der Waals surface area contributed by atoms with Crippen LogP contribution in [-0.2, 0) is 19.1 Å². The zero-order valence-electron chi connectivity index (χ0n) is 9.83. The van der Waals surface area contributed by atoms with Crippen molar-refractivity contribution in [1.29, 1.82) is 0 Å². The quantitative estimate of drug-likeness (QED) is 0.561. The van der Waals surface area contributed by atoms with Crippen LogP contribution in [0.3, 0.4) is 0 Å². The van der Waals surface area contributed by atoms with E-state index in [1.165, 1.54) is 14.0 Å². The number of rotatable bonds is 7. The van der Waals surface area contributed by atoms with Gasteiger partial charge in [0.25, 0.3) is 0 Å². The summed E-state index contributed by atoms with van der Waals surface area (Å²) in [6.07, 6.45) is 0.502. The average molecular weight is 230 g/mol. The molecule has 2 N–H and O–H groups in total. The Morgan fingerprint density at radius 2 is 1.94 bits per heavy atom. The number of methoxy groups -OCH3 is 1. The molecule has 0 rings (SSSR count). The molecular weight excluding hydrogens is 212 g/mol. The number of carbonyl (C=O) groups is 3. The summed E-state index contributed by atoms with van der Waals surface area (Å²) in [6.45, 7) is 1.40. The molecule has 1 amide bonds. The first-order chi connectivity index (χ1) is 7.51. The van der Waals surface area contributed by atoms with Crippen LogP contribution < -0.4 is 10.6 Å². The van der Waals surface area contributed by atoms with Gasteiger partial charge < -0.3 is 15.4 Å². The lowest BCUT2D eigenvalue weighted by Crippen LogP contribution is -2.44. The monoisotopic (exact) mass is 230 g/mol. The summed E-state index contributed by atoms with van der Waals surface area (Å²) in [4.78, 5) is 33.0. The molecule has 0 aliphatic rings. The van der Waals surface area contributed by atoms with Crippen LogP contribution in [0.15, 0.2) is 0 Å². The second kappa shape index (κ2) is 7.81. The molecule has 0 aromatic heterocycles. The van der Waals surface area contributed by atoms with Crippen molar-refractivity contribution in [3.05, 3.63) is 0 Å². The van der Waals surface area contributed by atoms with Gasteiger partial charge in [0.1, 0.15) is 5.78 Å². The van der Waals surface area contributed by atoms with Crippen LogP contribution in [0, 0.1) is 0 Å². The van der Waals surface area contributed by atoms with E-state index in [1.807, 2.05) is 0 Å². The van der Waals surface area contributed by atoms with Gasteiger partial charge in [0.15, 0.2) is 0 Å². The Bertz CT molecular complexity index is 266. The molecule has 0 saturated carbocycles. The van der Waals surface area contributed by atoms with Crippen molar-refractivity contribution in [3.63, 3.8) is 0 Å². The Labute approximate surface area is 94.7 Å². The number of ketones is 1. The number of hydrogen-bond acceptors (Lipinski definition) is 5. The van der Waals surface area contributed by atoms with Gasteiger partial charge in [-0.2, -0.15) is 0 Å². The first-order valence-electron chi connectivity index (χ1n) is 5.02. The van der Waals surface area contributed by atoms with Crippen molar-refractivity contribution in [2.75, 3.05) is 20.7 Å². The molecule has 0 radical (unpaired) electrons. The normalized spacial score (nSPS) is 11.7. The van der Waals surface area contributed by atoms with E-state index in [4.69, 9.17) is 0 Å². The van der Waals surface area contributed by atoms with Gasteiger partial charge in [-0.05, 0) is 20.4 Å². The molecule has 1 atom stereocenters. The van der Waals surface area contributed by atoms with E-state index in [1.54, 1.807) is 7.05 Å². The maximum Gasteiger partial charge on any atom is 0.305 e. The van der Waals surface area contributed by atoms with Gasteiger partial charge in [0.2, 0.25) is 5.91 Å². The minimum absolute atomic E-state index is 0.00916. The maximum absolute atomic E-state index is 11.5. The summed E-state index contributed by atoms with van der Waals surface area (Å²) in [5.41, 5.74) is 0. The fraction of sp³-hybridized carbons (Fsp3) is 0.700. The number of ether oxygens (including phenoxy) is 1. The van der Waals surface area contributed by atoms with Crippen molar-refractivity contribution in [2.45, 2.75) is 25.8 Å². The number of amides is 1. The number of hydrogen-bond donors (Lipinski definition) is 2. The predicted molar refractivity (Wildman–Crippen MR) is 57.8 cm³/mol. The first-order valence-corrected chi connectivity index (χ1v) is 5.02. The van der Waals surface area contributed by atoms with Gasteiger partial charge in [-0.15, -0.1) is 0 Å². The van der Waals surface area contributed by atoms with Crippen molar-refractivity contribution >= 4 is 17.7 Å². The largest absolute Gasteiger partial charge is 0.469 e. The Kier molecular flexibility index (Phi) is 7.11. The Balaban J connectivity index is 4.01. The molecular formula is C10H18N2O4. The van der Waals surface area contributed by atoms with Crippen molar-refractivity contribution < 1.29 is 19.1 Å². The third-order valence-electron chi connectivity index (χ3n) is 2.04. The highest BCUT2D eigenvalue weighted by Crippen LogP contribution is 1.98. The molecule has 6 heteroatoms. The van der Waals surface area contributed by atoms with Gasteiger partial charge in [0.05, 0.1) is 19.7 Å². The number of esters is 1. The summed E-state index contributed by atoms with van der Waals surface area (Å²) in [6, 6.07) is -0.488. The summed E-state index contributed by atoms with van der Waals surface area (Å²) in [7, 11) is 2.92. The minimum Gasteiger partial charge on any atom is -0.469 e. The zero-order valence-corrected chi connectivity index (χ0v) is 9.83. The molecule has 6 nitrogen and oxygen atoms in total. The lowest BCUT2D eigenvalue weighted by Gasteiger charge is -2.14. The number of nitrogens with one attached hydrogen (secondary N) is 2. The van der Waals surface area contributed by atoms with Gasteiger partial charge in [-0.1, -0.05) is 0 Å². The van der Waals surface area contributed by atoms with E-state index in [0.717, 1.165) is 0 Å². The first kappa shape index (κ1) is 14.6. The van der Waals surface area contributed by atoms with Crippen LogP contribution in [0.5, 0.6) is 0 Å². The summed E-state index contributed by atoms with van der Waals surface area (Å²) < 4.78 is 4.47. The van der Waals surface area contributed by atoms with E-state index in [9.17, 15) is 14.4 Å². The van der Waals surface area contributed by atoms with E-state index >= 15 is 0 Å². The molecule has 0 aromatic rings. The van der Waals surface area contributed by atoms with Crippen LogP contribution in [0.1, 0.15) is 19.8 Å². The number of Topliss-reactive ketones (excluding diaryl/α,β-unsaturated/α-hetero) is 1. The van der Waals surface area contributed by atoms with Crippen LogP contribution in [-0.4, -0.2) is 44.4 Å². The number of carbonyl (C=O) groups excluding carboxylic acids is 3. The Morgan fingerprint density at radius 1 is 1.31 bits per heavy atom. The fourth-order valence-electron chi connectivity index (χ4n) is 1.11. The van der Waals surface area contributed by atoms with Gasteiger partial charge >= 0.3 is 5.97 Å². The van der Waals surface area contributed by atoms with E-state index in [2.05, 4.69) is 15.4 Å². The molecule has 0 saturated heterocycles. The molecule has 1 unspecified atom stereocenters. The fourth-order valence-corrected chi connectivity index (χ4v) is 1.11. The Morgan fingerprint density at radius 3 is 2.38 bits per heavy atom. The maximum atomic E-state index is 11.5. The number of likely N-dealkylation sites (N-methyl/N-ethyl adjacent to an activating group) is 1. The molecule has 0 aromatic carbocycles. The molecule has 0 heterocycles. The second-order valence-corrected chi connectivity index (χ2v) is 3.38. The van der Waals surface area contributed by atoms with Crippen molar-refractivity contribution in [2.24, 2.45) is 0 Å². The highest BCUT2D eigenvalue weighted by molar-refractivity contribution is 5.87. The lowest BCUT2D eigenvalue weighted by atomic mass is 10.1. The highest BCUT2D eigenvalue weighted by atomic mass is 16.5. The summed E-state index contributed by atoms with van der Waals surface area (Å²) in [5, 5.41) is 5.25. The topological polar surface area (TPSA) is 84.5 Å². The second-order valence-electron chi connectivity index (χ2n) is 3.38. The molecule has 16 heavy (non-hydrogen) atoms. The van der Waals surface area contributed by atoms with E-state index in [0.29, 0.717) is 6.42 Å². The van der Waals surface area contributed by atoms with Crippen LogP contribution in [0.2, 0.25) is 0 Å². The van der Waals surface area contributed by atoms with Gasteiger partial charge in [-0.25, -0.2) is 0 Å². The standard InChI is InChI=1S/C10H18N2O4/c1-7(13)6-12-10(15)8(11-2)4-5-9(14)16-3/h8,11H,4-6H2,1-3H3,(H,12,15). The molecule has 0 aliphatic carbocycles. The predicted octanol–water partition coefficient (Wildman–Crippen LogP) is -0.767. The molecule has 0 fully saturated rings. The molecule has 0 bridgehead atoms. The molecule has 92 valence electrons. The Hall–Kier alpha value is -1.43. The lowest BCUT2D eigenvalue weighted by molar-refractivity contribution is -0.141. The van der Waals surface area contributed by atoms with Gasteiger partial charge in [-0.3, -0.25) is 14.4 Å². The van der Waals surface area contributed by atoms with Crippen molar-refractivity contribution in [1.82, 2.24) is 10.6 Å². The molecule has 0 spiro atoms. The van der Waals surface area contributed by atoms with Crippen LogP contribution in [0.4, 0.5) is 0 Å². The molecule has 0 aliphatic heterocycles. The summed E-state index contributed by atoms with van der Waals surface area (Å²) in [5.74, 6) is -0.766. The van der Waals surface area contributed by atoms with E-state index in [-0.39, 0.29) is 30.6 Å². The average Bonchev–Trinajstić information content (AvgIpc) is 2.26. The SMILES string of the molecule is CNC(CCC(=O)OC)C(=O)NCC(C)=O. The smallest absolute Gasteiger partial charge is 0.305 e. The zero-order chi connectivity index (χ0) is 12.6. The third-order valence-corrected chi connectivity index (χ3v) is 2.04. The minimum atomic E-state index is -0.488. The van der Waals surface area contributed by atoms with E-state index < -0.39 is 6.04 Å². The highest BCUT2D eigenvalue weighted by Gasteiger charge is 2.17. The van der Waals surface area contributed by atoms with Crippen LogP contribution >= 0.6 is 0 Å². The van der Waals surface area contributed by atoms with Crippen molar-refractivity contribution in [3.8, 4) is 0 Å². The third kappa shape index (κ3) is 6.13.